The Hall–Kier alpha value is -2.03. The molecule has 0 amide bonds. The summed E-state index contributed by atoms with van der Waals surface area (Å²) in [5.41, 5.74) is 1.07. The molecule has 1 aromatic heterocycles. The van der Waals surface area contributed by atoms with Crippen LogP contribution in [0.2, 0.25) is 0 Å². The second-order valence-electron chi connectivity index (χ2n) is 6.69. The Morgan fingerprint density at radius 2 is 1.79 bits per heavy atom. The van der Waals surface area contributed by atoms with Crippen LogP contribution in [-0.4, -0.2) is 31.1 Å². The van der Waals surface area contributed by atoms with Crippen LogP contribution in [-0.2, 0) is 6.54 Å². The van der Waals surface area contributed by atoms with Gasteiger partial charge in [0, 0.05) is 31.9 Å². The van der Waals surface area contributed by atoms with E-state index in [0.717, 1.165) is 23.0 Å². The van der Waals surface area contributed by atoms with Gasteiger partial charge in [0.2, 0.25) is 5.88 Å². The van der Waals surface area contributed by atoms with Crippen molar-refractivity contribution in [3.05, 3.63) is 48.2 Å². The fraction of sp³-hybridized carbons (Fsp3) is 0.429. The fourth-order valence-corrected chi connectivity index (χ4v) is 3.16. The number of nitrogens with zero attached hydrogens (tertiary/aromatic N) is 2. The molecule has 28 heavy (non-hydrogen) atoms. The Balaban J connectivity index is 0.00000280. The largest absolute Gasteiger partial charge is 0.497 e. The molecule has 1 aromatic carbocycles. The third-order valence-corrected chi connectivity index (χ3v) is 4.71. The summed E-state index contributed by atoms with van der Waals surface area (Å²) >= 11 is 0. The lowest BCUT2D eigenvalue weighted by atomic mass is 9.96. The smallest absolute Gasteiger partial charge is 0.219 e. The molecule has 0 aliphatic heterocycles. The summed E-state index contributed by atoms with van der Waals surface area (Å²) in [7, 11) is 3.45. The topological polar surface area (TPSA) is 67.8 Å². The lowest BCUT2D eigenvalue weighted by Crippen LogP contribution is -2.43. The van der Waals surface area contributed by atoms with Gasteiger partial charge in [-0.05, 0) is 42.7 Å². The lowest BCUT2D eigenvalue weighted by Gasteiger charge is -2.24. The Morgan fingerprint density at radius 1 is 1.07 bits per heavy atom. The summed E-state index contributed by atoms with van der Waals surface area (Å²) in [6, 6.07) is 11.8. The molecule has 0 spiro atoms. The second kappa shape index (κ2) is 11.7. The van der Waals surface area contributed by atoms with Crippen molar-refractivity contribution in [3.8, 4) is 17.4 Å². The first-order valence-corrected chi connectivity index (χ1v) is 9.51. The van der Waals surface area contributed by atoms with Crippen molar-refractivity contribution in [1.82, 2.24) is 15.6 Å². The SMILES string of the molecule is CN=C(NCc1ccc(Oc2ccc(OC)cc2)nc1)NC1CCCCC1.I. The molecular weight excluding hydrogens is 467 g/mol. The van der Waals surface area contributed by atoms with Crippen molar-refractivity contribution < 1.29 is 9.47 Å². The zero-order valence-electron chi connectivity index (χ0n) is 16.5. The number of benzene rings is 1. The Bertz CT molecular complexity index is 729. The van der Waals surface area contributed by atoms with Gasteiger partial charge in [0.15, 0.2) is 5.96 Å². The standard InChI is InChI=1S/C21H28N4O2.HI/c1-22-21(25-17-6-4-3-5-7-17)24-15-16-8-13-20(23-14-16)27-19-11-9-18(26-2)10-12-19;/h8-14,17H,3-7,15H2,1-2H3,(H2,22,24,25);1H. The van der Waals surface area contributed by atoms with Crippen LogP contribution in [0.3, 0.4) is 0 Å². The summed E-state index contributed by atoms with van der Waals surface area (Å²) in [5.74, 6) is 2.94. The highest BCUT2D eigenvalue weighted by atomic mass is 127. The first-order chi connectivity index (χ1) is 13.3. The molecular formula is C21H29IN4O2. The van der Waals surface area contributed by atoms with E-state index >= 15 is 0 Å². The minimum Gasteiger partial charge on any atom is -0.497 e. The van der Waals surface area contributed by atoms with E-state index in [1.54, 1.807) is 7.11 Å². The minimum atomic E-state index is 0. The summed E-state index contributed by atoms with van der Waals surface area (Å²) in [6.07, 6.45) is 8.21. The molecule has 152 valence electrons. The molecule has 7 heteroatoms. The maximum atomic E-state index is 5.76. The first-order valence-electron chi connectivity index (χ1n) is 9.51. The van der Waals surface area contributed by atoms with Crippen molar-refractivity contribution in [1.29, 1.82) is 0 Å². The summed E-state index contributed by atoms with van der Waals surface area (Å²) in [6.45, 7) is 0.669. The number of nitrogens with one attached hydrogen (secondary N) is 2. The monoisotopic (exact) mass is 496 g/mol. The van der Waals surface area contributed by atoms with Gasteiger partial charge in [-0.1, -0.05) is 25.3 Å². The van der Waals surface area contributed by atoms with Crippen molar-refractivity contribution >= 4 is 29.9 Å². The van der Waals surface area contributed by atoms with Gasteiger partial charge in [-0.3, -0.25) is 4.99 Å². The molecule has 1 saturated carbocycles. The van der Waals surface area contributed by atoms with Crippen LogP contribution < -0.4 is 20.1 Å². The quantitative estimate of drug-likeness (QED) is 0.350. The number of guanidine groups is 1. The van der Waals surface area contributed by atoms with Crippen molar-refractivity contribution in [2.45, 2.75) is 44.7 Å². The molecule has 6 nitrogen and oxygen atoms in total. The van der Waals surface area contributed by atoms with Gasteiger partial charge in [-0.15, -0.1) is 24.0 Å². The predicted molar refractivity (Wildman–Crippen MR) is 123 cm³/mol. The number of methoxy groups -OCH3 is 1. The van der Waals surface area contributed by atoms with Crippen LogP contribution >= 0.6 is 24.0 Å². The minimum absolute atomic E-state index is 0. The molecule has 2 N–H and O–H groups in total. The van der Waals surface area contributed by atoms with Gasteiger partial charge in [-0.2, -0.15) is 0 Å². The summed E-state index contributed by atoms with van der Waals surface area (Å²) in [5, 5.41) is 6.87. The zero-order valence-corrected chi connectivity index (χ0v) is 18.8. The number of pyridine rings is 1. The van der Waals surface area contributed by atoms with Gasteiger partial charge >= 0.3 is 0 Å². The maximum Gasteiger partial charge on any atom is 0.219 e. The molecule has 2 aromatic rings. The Kier molecular flexibility index (Phi) is 9.33. The van der Waals surface area contributed by atoms with E-state index in [2.05, 4.69) is 20.6 Å². The number of aromatic nitrogens is 1. The molecule has 0 atom stereocenters. The number of hydrogen-bond donors (Lipinski definition) is 2. The van der Waals surface area contributed by atoms with Gasteiger partial charge in [-0.25, -0.2) is 4.98 Å². The number of hydrogen-bond acceptors (Lipinski definition) is 4. The maximum absolute atomic E-state index is 5.76. The molecule has 0 unspecified atom stereocenters. The molecule has 3 rings (SSSR count). The summed E-state index contributed by atoms with van der Waals surface area (Å²) < 4.78 is 10.9. The molecule has 0 radical (unpaired) electrons. The third kappa shape index (κ3) is 6.85. The Labute approximate surface area is 184 Å². The first kappa shape index (κ1) is 22.3. The number of rotatable bonds is 6. The van der Waals surface area contributed by atoms with Crippen molar-refractivity contribution in [3.63, 3.8) is 0 Å². The van der Waals surface area contributed by atoms with Gasteiger partial charge < -0.3 is 20.1 Å². The van der Waals surface area contributed by atoms with Crippen molar-refractivity contribution in [2.24, 2.45) is 4.99 Å². The average molecular weight is 496 g/mol. The van der Waals surface area contributed by atoms with E-state index in [4.69, 9.17) is 9.47 Å². The normalized spacial score (nSPS) is 14.7. The molecule has 1 heterocycles. The lowest BCUT2D eigenvalue weighted by molar-refractivity contribution is 0.410. The highest BCUT2D eigenvalue weighted by Gasteiger charge is 2.14. The van der Waals surface area contributed by atoms with Crippen molar-refractivity contribution in [2.75, 3.05) is 14.2 Å². The number of halogens is 1. The Morgan fingerprint density at radius 3 is 2.39 bits per heavy atom. The van der Waals surface area contributed by atoms with Crippen LogP contribution in [0.5, 0.6) is 17.4 Å². The molecule has 1 fully saturated rings. The van der Waals surface area contributed by atoms with E-state index in [1.165, 1.54) is 32.1 Å². The van der Waals surface area contributed by atoms with Crippen LogP contribution in [0.15, 0.2) is 47.6 Å². The van der Waals surface area contributed by atoms with Gasteiger partial charge in [0.1, 0.15) is 11.5 Å². The van der Waals surface area contributed by atoms with Crippen LogP contribution in [0.25, 0.3) is 0 Å². The molecule has 1 aliphatic carbocycles. The van der Waals surface area contributed by atoms with E-state index in [9.17, 15) is 0 Å². The van der Waals surface area contributed by atoms with E-state index in [-0.39, 0.29) is 24.0 Å². The van der Waals surface area contributed by atoms with Crippen LogP contribution in [0.1, 0.15) is 37.7 Å². The summed E-state index contributed by atoms with van der Waals surface area (Å²) in [4.78, 5) is 8.71. The van der Waals surface area contributed by atoms with E-state index in [0.29, 0.717) is 18.5 Å². The van der Waals surface area contributed by atoms with E-state index < -0.39 is 0 Å². The highest BCUT2D eigenvalue weighted by molar-refractivity contribution is 14.0. The van der Waals surface area contributed by atoms with Crippen LogP contribution in [0.4, 0.5) is 0 Å². The molecule has 0 bridgehead atoms. The zero-order chi connectivity index (χ0) is 18.9. The molecule has 0 saturated heterocycles. The molecule has 1 aliphatic rings. The predicted octanol–water partition coefficient (Wildman–Crippen LogP) is 4.50. The number of aliphatic imine (C=N–C) groups is 1. The van der Waals surface area contributed by atoms with Crippen LogP contribution in [0, 0.1) is 0 Å². The number of ether oxygens (including phenoxy) is 2. The second-order valence-corrected chi connectivity index (χ2v) is 6.69. The third-order valence-electron chi connectivity index (χ3n) is 4.71. The highest BCUT2D eigenvalue weighted by Crippen LogP contribution is 2.22. The van der Waals surface area contributed by atoms with Gasteiger partial charge in [0.05, 0.1) is 7.11 Å². The fourth-order valence-electron chi connectivity index (χ4n) is 3.16. The van der Waals surface area contributed by atoms with Gasteiger partial charge in [0.25, 0.3) is 0 Å². The average Bonchev–Trinajstić information content (AvgIpc) is 2.73. The van der Waals surface area contributed by atoms with E-state index in [1.807, 2.05) is 49.6 Å².